The lowest BCUT2D eigenvalue weighted by molar-refractivity contribution is 0.519. The van der Waals surface area contributed by atoms with Crippen molar-refractivity contribution >= 4 is 12.4 Å². The Bertz CT molecular complexity index is 283. The van der Waals surface area contributed by atoms with Crippen LogP contribution in [-0.2, 0) is 0 Å². The van der Waals surface area contributed by atoms with Crippen LogP contribution in [0.1, 0.15) is 30.9 Å². The maximum Gasteiger partial charge on any atom is 0.217 e. The van der Waals surface area contributed by atoms with Crippen LogP contribution in [0.4, 0.5) is 4.39 Å². The van der Waals surface area contributed by atoms with E-state index in [0.29, 0.717) is 12.1 Å². The molecule has 0 aliphatic carbocycles. The Kier molecular flexibility index (Phi) is 7.21. The minimum absolute atomic E-state index is 0. The maximum absolute atomic E-state index is 13.1. The molecule has 0 spiro atoms. The molecule has 1 rings (SSSR count). The minimum atomic E-state index is -0.465. The highest BCUT2D eigenvalue weighted by molar-refractivity contribution is 5.85. The summed E-state index contributed by atoms with van der Waals surface area (Å²) in [6.07, 6.45) is 4.02. The van der Waals surface area contributed by atoms with Gasteiger partial charge in [-0.3, -0.25) is 0 Å². The van der Waals surface area contributed by atoms with Crippen molar-refractivity contribution in [2.24, 2.45) is 11.5 Å². The summed E-state index contributed by atoms with van der Waals surface area (Å²) in [5, 5.41) is 0. The number of hydrogen-bond acceptors (Lipinski definition) is 3. The van der Waals surface area contributed by atoms with E-state index >= 15 is 0 Å². The first-order valence-corrected chi connectivity index (χ1v) is 4.81. The van der Waals surface area contributed by atoms with Crippen molar-refractivity contribution in [3.05, 3.63) is 29.8 Å². The second kappa shape index (κ2) is 7.56. The molecular formula is C10H17ClFN3. The average Bonchev–Trinajstić information content (AvgIpc) is 2.18. The van der Waals surface area contributed by atoms with Crippen LogP contribution in [0.3, 0.4) is 0 Å². The van der Waals surface area contributed by atoms with Gasteiger partial charge in [-0.15, -0.1) is 12.4 Å². The van der Waals surface area contributed by atoms with Crippen LogP contribution >= 0.6 is 12.4 Å². The highest BCUT2D eigenvalue weighted by Crippen LogP contribution is 2.17. The van der Waals surface area contributed by atoms with E-state index in [-0.39, 0.29) is 18.4 Å². The van der Waals surface area contributed by atoms with Gasteiger partial charge in [0, 0.05) is 17.8 Å². The van der Waals surface area contributed by atoms with Crippen LogP contribution in [-0.4, -0.2) is 11.5 Å². The molecular weight excluding hydrogens is 217 g/mol. The highest BCUT2D eigenvalue weighted by Gasteiger charge is 2.10. The Morgan fingerprint density at radius 3 is 2.73 bits per heavy atom. The number of nitrogens with zero attached hydrogens (tertiary/aromatic N) is 1. The molecule has 0 aliphatic heterocycles. The molecule has 0 saturated carbocycles. The summed E-state index contributed by atoms with van der Waals surface area (Å²) in [6, 6.07) is 3.10. The molecule has 5 heteroatoms. The van der Waals surface area contributed by atoms with Crippen LogP contribution < -0.4 is 11.5 Å². The Hall–Kier alpha value is -0.710. The van der Waals surface area contributed by atoms with Crippen molar-refractivity contribution in [1.29, 1.82) is 0 Å². The van der Waals surface area contributed by atoms with E-state index < -0.39 is 5.95 Å². The number of aromatic nitrogens is 1. The lowest BCUT2D eigenvalue weighted by atomic mass is 10.0. The van der Waals surface area contributed by atoms with Crippen molar-refractivity contribution in [2.75, 3.05) is 6.54 Å². The number of nitrogens with two attached hydrogens (primary N) is 2. The Balaban J connectivity index is 0.00000196. The predicted octanol–water partition coefficient (Wildman–Crippen LogP) is 1.77. The van der Waals surface area contributed by atoms with Gasteiger partial charge in [0.1, 0.15) is 0 Å². The van der Waals surface area contributed by atoms with E-state index in [4.69, 9.17) is 11.5 Å². The third kappa shape index (κ3) is 4.55. The molecule has 86 valence electrons. The zero-order chi connectivity index (χ0) is 10.4. The fraction of sp³-hybridized carbons (Fsp3) is 0.500. The van der Waals surface area contributed by atoms with Crippen LogP contribution in [0.25, 0.3) is 0 Å². The molecule has 0 saturated heterocycles. The van der Waals surface area contributed by atoms with Crippen molar-refractivity contribution in [3.8, 4) is 0 Å². The van der Waals surface area contributed by atoms with E-state index in [1.54, 1.807) is 12.1 Å². The summed E-state index contributed by atoms with van der Waals surface area (Å²) >= 11 is 0. The normalized spacial score (nSPS) is 11.9. The third-order valence-electron chi connectivity index (χ3n) is 2.16. The van der Waals surface area contributed by atoms with E-state index in [9.17, 15) is 4.39 Å². The molecule has 0 amide bonds. The fourth-order valence-electron chi connectivity index (χ4n) is 1.34. The molecule has 0 aliphatic rings. The maximum atomic E-state index is 13.1. The molecule has 0 aromatic carbocycles. The molecule has 0 fully saturated rings. The number of rotatable bonds is 5. The number of pyridine rings is 1. The van der Waals surface area contributed by atoms with Gasteiger partial charge in [-0.1, -0.05) is 12.5 Å². The van der Waals surface area contributed by atoms with Crippen LogP contribution in [0.2, 0.25) is 0 Å². The summed E-state index contributed by atoms with van der Waals surface area (Å²) in [4.78, 5) is 3.56. The molecule has 4 N–H and O–H groups in total. The standard InChI is InChI=1S/C10H16FN3.ClH/c11-10-8(4-3-7-14-10)9(13)5-1-2-6-12;/h3-4,7,9H,1-2,5-6,12-13H2;1H/t9-;/m0./s1. The largest absolute Gasteiger partial charge is 0.330 e. The topological polar surface area (TPSA) is 64.9 Å². The van der Waals surface area contributed by atoms with Crippen LogP contribution in [0.5, 0.6) is 0 Å². The molecule has 1 aromatic heterocycles. The quantitative estimate of drug-likeness (QED) is 0.602. The zero-order valence-corrected chi connectivity index (χ0v) is 9.34. The van der Waals surface area contributed by atoms with E-state index in [2.05, 4.69) is 4.98 Å². The fourth-order valence-corrected chi connectivity index (χ4v) is 1.34. The Labute approximate surface area is 95.5 Å². The smallest absolute Gasteiger partial charge is 0.217 e. The number of hydrogen-bond donors (Lipinski definition) is 2. The van der Waals surface area contributed by atoms with Crippen LogP contribution in [0, 0.1) is 5.95 Å². The van der Waals surface area contributed by atoms with Gasteiger partial charge >= 0.3 is 0 Å². The zero-order valence-electron chi connectivity index (χ0n) is 8.53. The molecule has 0 radical (unpaired) electrons. The number of halogens is 2. The monoisotopic (exact) mass is 233 g/mol. The van der Waals surface area contributed by atoms with Gasteiger partial charge in [0.2, 0.25) is 5.95 Å². The molecule has 15 heavy (non-hydrogen) atoms. The van der Waals surface area contributed by atoms with E-state index in [1.807, 2.05) is 0 Å². The predicted molar refractivity (Wildman–Crippen MR) is 61.3 cm³/mol. The van der Waals surface area contributed by atoms with Crippen molar-refractivity contribution in [1.82, 2.24) is 4.98 Å². The second-order valence-electron chi connectivity index (χ2n) is 3.27. The molecule has 1 atom stereocenters. The van der Waals surface area contributed by atoms with Gasteiger partial charge in [-0.05, 0) is 25.5 Å². The summed E-state index contributed by atoms with van der Waals surface area (Å²) < 4.78 is 13.1. The average molecular weight is 234 g/mol. The van der Waals surface area contributed by atoms with E-state index in [1.165, 1.54) is 6.20 Å². The van der Waals surface area contributed by atoms with Gasteiger partial charge in [0.05, 0.1) is 0 Å². The van der Waals surface area contributed by atoms with Gasteiger partial charge in [0.15, 0.2) is 0 Å². The Morgan fingerprint density at radius 1 is 1.40 bits per heavy atom. The van der Waals surface area contributed by atoms with Crippen molar-refractivity contribution in [2.45, 2.75) is 25.3 Å². The molecule has 3 nitrogen and oxygen atoms in total. The van der Waals surface area contributed by atoms with Crippen molar-refractivity contribution < 1.29 is 4.39 Å². The summed E-state index contributed by atoms with van der Waals surface area (Å²) in [6.45, 7) is 0.655. The van der Waals surface area contributed by atoms with Gasteiger partial charge < -0.3 is 11.5 Å². The minimum Gasteiger partial charge on any atom is -0.330 e. The SMILES string of the molecule is Cl.NCCCC[C@H](N)c1cccnc1F. The molecule has 1 aromatic rings. The first kappa shape index (κ1) is 14.3. The summed E-state index contributed by atoms with van der Waals surface area (Å²) in [7, 11) is 0. The van der Waals surface area contributed by atoms with Gasteiger partial charge in [0.25, 0.3) is 0 Å². The highest BCUT2D eigenvalue weighted by atomic mass is 35.5. The lowest BCUT2D eigenvalue weighted by Gasteiger charge is -2.11. The molecule has 0 unspecified atom stereocenters. The van der Waals surface area contributed by atoms with Crippen molar-refractivity contribution in [3.63, 3.8) is 0 Å². The summed E-state index contributed by atoms with van der Waals surface area (Å²) in [5.74, 6) is -0.465. The van der Waals surface area contributed by atoms with E-state index in [0.717, 1.165) is 19.3 Å². The van der Waals surface area contributed by atoms with Crippen LogP contribution in [0.15, 0.2) is 18.3 Å². The van der Waals surface area contributed by atoms with Gasteiger partial charge in [-0.2, -0.15) is 4.39 Å². The third-order valence-corrected chi connectivity index (χ3v) is 2.16. The first-order valence-electron chi connectivity index (χ1n) is 4.81. The molecule has 0 bridgehead atoms. The second-order valence-corrected chi connectivity index (χ2v) is 3.27. The molecule has 1 heterocycles. The first-order chi connectivity index (χ1) is 6.75. The summed E-state index contributed by atoms with van der Waals surface area (Å²) in [5.41, 5.74) is 11.7. The number of unbranched alkanes of at least 4 members (excludes halogenated alkanes) is 1. The van der Waals surface area contributed by atoms with Gasteiger partial charge in [-0.25, -0.2) is 4.98 Å². The Morgan fingerprint density at radius 2 is 2.13 bits per heavy atom. The lowest BCUT2D eigenvalue weighted by Crippen LogP contribution is -2.13.